The summed E-state index contributed by atoms with van der Waals surface area (Å²) in [5.41, 5.74) is 3.13. The summed E-state index contributed by atoms with van der Waals surface area (Å²) in [5, 5.41) is 3.51. The molecule has 76 valence electrons. The summed E-state index contributed by atoms with van der Waals surface area (Å²) in [6.45, 7) is 4.56. The lowest BCUT2D eigenvalue weighted by molar-refractivity contribution is 0.498. The second-order valence-corrected chi connectivity index (χ2v) is 4.25. The fraction of sp³-hybridized carbons (Fsp3) is 0.538. The number of benzene rings is 1. The minimum Gasteiger partial charge on any atom is -0.316 e. The first-order chi connectivity index (χ1) is 6.90. The Labute approximate surface area is 86.5 Å². The molecule has 0 radical (unpaired) electrons. The van der Waals surface area contributed by atoms with E-state index in [1.54, 1.807) is 11.1 Å². The molecule has 2 rings (SSSR count). The van der Waals surface area contributed by atoms with Crippen LogP contribution in [0.4, 0.5) is 0 Å². The third kappa shape index (κ3) is 2.16. The lowest BCUT2D eigenvalue weighted by Crippen LogP contribution is -2.23. The monoisotopic (exact) mass is 189 g/mol. The second-order valence-electron chi connectivity index (χ2n) is 4.25. The summed E-state index contributed by atoms with van der Waals surface area (Å²) < 4.78 is 0. The van der Waals surface area contributed by atoms with Gasteiger partial charge in [0.1, 0.15) is 0 Å². The van der Waals surface area contributed by atoms with Crippen molar-refractivity contribution in [3.63, 3.8) is 0 Å². The van der Waals surface area contributed by atoms with Crippen LogP contribution in [0.25, 0.3) is 0 Å². The lowest BCUT2D eigenvalue weighted by Gasteiger charge is -2.09. The Kier molecular flexibility index (Phi) is 3.20. The smallest absolute Gasteiger partial charge is 0.00142 e. The van der Waals surface area contributed by atoms with Crippen LogP contribution in [0.5, 0.6) is 0 Å². The molecule has 0 heterocycles. The van der Waals surface area contributed by atoms with Crippen molar-refractivity contribution in [2.45, 2.75) is 26.2 Å². The van der Waals surface area contributed by atoms with Crippen molar-refractivity contribution in [2.75, 3.05) is 13.1 Å². The van der Waals surface area contributed by atoms with Gasteiger partial charge >= 0.3 is 0 Å². The maximum Gasteiger partial charge on any atom is -0.00142 e. The molecular formula is C13H19N. The van der Waals surface area contributed by atoms with E-state index in [4.69, 9.17) is 0 Å². The summed E-state index contributed by atoms with van der Waals surface area (Å²) in [4.78, 5) is 0. The van der Waals surface area contributed by atoms with Crippen molar-refractivity contribution in [2.24, 2.45) is 5.92 Å². The Morgan fingerprint density at radius 3 is 2.43 bits per heavy atom. The van der Waals surface area contributed by atoms with E-state index in [1.165, 1.54) is 25.8 Å². The van der Waals surface area contributed by atoms with Crippen molar-refractivity contribution in [1.82, 2.24) is 5.32 Å². The first-order valence-electron chi connectivity index (χ1n) is 5.67. The molecule has 1 aliphatic rings. The minimum atomic E-state index is 0.832. The molecule has 0 unspecified atom stereocenters. The first kappa shape index (κ1) is 9.72. The Hall–Kier alpha value is -0.820. The van der Waals surface area contributed by atoms with E-state index in [2.05, 4.69) is 36.5 Å². The van der Waals surface area contributed by atoms with Gasteiger partial charge in [0.15, 0.2) is 0 Å². The van der Waals surface area contributed by atoms with Crippen molar-refractivity contribution in [3.8, 4) is 0 Å². The van der Waals surface area contributed by atoms with Gasteiger partial charge < -0.3 is 5.32 Å². The summed E-state index contributed by atoms with van der Waals surface area (Å²) in [6, 6.07) is 8.85. The standard InChI is InChI=1S/C13H19N/c1-2-7-14-10-11-8-12-5-3-4-6-13(12)9-11/h3-6,11,14H,2,7-10H2,1H3. The molecule has 1 aromatic carbocycles. The largest absolute Gasteiger partial charge is 0.316 e. The van der Waals surface area contributed by atoms with E-state index < -0.39 is 0 Å². The van der Waals surface area contributed by atoms with Crippen LogP contribution < -0.4 is 5.32 Å². The summed E-state index contributed by atoms with van der Waals surface area (Å²) in [6.07, 6.45) is 3.78. The van der Waals surface area contributed by atoms with E-state index >= 15 is 0 Å². The van der Waals surface area contributed by atoms with E-state index in [9.17, 15) is 0 Å². The van der Waals surface area contributed by atoms with Crippen molar-refractivity contribution in [1.29, 1.82) is 0 Å². The summed E-state index contributed by atoms with van der Waals surface area (Å²) in [7, 11) is 0. The molecule has 1 N–H and O–H groups in total. The van der Waals surface area contributed by atoms with E-state index in [0.717, 1.165) is 12.5 Å². The molecule has 0 fully saturated rings. The molecule has 0 atom stereocenters. The van der Waals surface area contributed by atoms with Crippen LogP contribution in [0.2, 0.25) is 0 Å². The van der Waals surface area contributed by atoms with Crippen molar-refractivity contribution < 1.29 is 0 Å². The van der Waals surface area contributed by atoms with Gasteiger partial charge in [0, 0.05) is 0 Å². The van der Waals surface area contributed by atoms with Gasteiger partial charge in [0.05, 0.1) is 0 Å². The zero-order valence-electron chi connectivity index (χ0n) is 8.92. The highest BCUT2D eigenvalue weighted by atomic mass is 14.9. The van der Waals surface area contributed by atoms with Crippen LogP contribution in [0.15, 0.2) is 24.3 Å². The third-order valence-electron chi connectivity index (χ3n) is 3.00. The van der Waals surface area contributed by atoms with Crippen LogP contribution in [0.3, 0.4) is 0 Å². The molecule has 0 saturated heterocycles. The Morgan fingerprint density at radius 1 is 1.21 bits per heavy atom. The van der Waals surface area contributed by atoms with Crippen LogP contribution in [-0.4, -0.2) is 13.1 Å². The number of rotatable bonds is 4. The van der Waals surface area contributed by atoms with Gasteiger partial charge in [-0.1, -0.05) is 31.2 Å². The molecule has 0 amide bonds. The number of hydrogen-bond acceptors (Lipinski definition) is 1. The van der Waals surface area contributed by atoms with Crippen LogP contribution in [0.1, 0.15) is 24.5 Å². The molecule has 0 bridgehead atoms. The van der Waals surface area contributed by atoms with E-state index in [1.807, 2.05) is 0 Å². The summed E-state index contributed by atoms with van der Waals surface area (Å²) in [5.74, 6) is 0.832. The fourth-order valence-electron chi connectivity index (χ4n) is 2.28. The maximum atomic E-state index is 3.51. The van der Waals surface area contributed by atoms with Gasteiger partial charge in [-0.2, -0.15) is 0 Å². The quantitative estimate of drug-likeness (QED) is 0.717. The van der Waals surface area contributed by atoms with Gasteiger partial charge in [0.25, 0.3) is 0 Å². The Balaban J connectivity index is 1.86. The summed E-state index contributed by atoms with van der Waals surface area (Å²) >= 11 is 0. The zero-order chi connectivity index (χ0) is 9.80. The normalized spacial score (nSPS) is 15.8. The van der Waals surface area contributed by atoms with Gasteiger partial charge in [0.2, 0.25) is 0 Å². The van der Waals surface area contributed by atoms with Crippen molar-refractivity contribution >= 4 is 0 Å². The highest BCUT2D eigenvalue weighted by Crippen LogP contribution is 2.25. The van der Waals surface area contributed by atoms with Gasteiger partial charge in [-0.05, 0) is 49.4 Å². The fourth-order valence-corrected chi connectivity index (χ4v) is 2.28. The maximum absolute atomic E-state index is 3.51. The molecular weight excluding hydrogens is 170 g/mol. The van der Waals surface area contributed by atoms with Crippen LogP contribution in [-0.2, 0) is 12.8 Å². The number of nitrogens with one attached hydrogen (secondary N) is 1. The first-order valence-corrected chi connectivity index (χ1v) is 5.67. The highest BCUT2D eigenvalue weighted by Gasteiger charge is 2.19. The molecule has 1 heteroatoms. The average Bonchev–Trinajstić information content (AvgIpc) is 2.60. The SMILES string of the molecule is CCCNCC1Cc2ccccc2C1. The topological polar surface area (TPSA) is 12.0 Å². The predicted molar refractivity (Wildman–Crippen MR) is 60.5 cm³/mol. The van der Waals surface area contributed by atoms with E-state index in [0.29, 0.717) is 0 Å². The van der Waals surface area contributed by atoms with Gasteiger partial charge in [-0.3, -0.25) is 0 Å². The molecule has 0 saturated carbocycles. The predicted octanol–water partition coefficient (Wildman–Crippen LogP) is 2.40. The third-order valence-corrected chi connectivity index (χ3v) is 3.00. The molecule has 1 aromatic rings. The van der Waals surface area contributed by atoms with Gasteiger partial charge in [-0.25, -0.2) is 0 Å². The highest BCUT2D eigenvalue weighted by molar-refractivity contribution is 5.32. The van der Waals surface area contributed by atoms with Crippen molar-refractivity contribution in [3.05, 3.63) is 35.4 Å². The Morgan fingerprint density at radius 2 is 1.86 bits per heavy atom. The molecule has 0 aliphatic heterocycles. The average molecular weight is 189 g/mol. The number of fused-ring (bicyclic) bond motifs is 1. The van der Waals surface area contributed by atoms with Crippen LogP contribution >= 0.6 is 0 Å². The Bertz CT molecular complexity index is 268. The van der Waals surface area contributed by atoms with Gasteiger partial charge in [-0.15, -0.1) is 0 Å². The molecule has 0 spiro atoms. The number of hydrogen-bond donors (Lipinski definition) is 1. The second kappa shape index (κ2) is 4.61. The zero-order valence-corrected chi connectivity index (χ0v) is 8.92. The van der Waals surface area contributed by atoms with Crippen LogP contribution in [0, 0.1) is 5.92 Å². The molecule has 0 aromatic heterocycles. The molecule has 14 heavy (non-hydrogen) atoms. The van der Waals surface area contributed by atoms with E-state index in [-0.39, 0.29) is 0 Å². The molecule has 1 aliphatic carbocycles. The minimum absolute atomic E-state index is 0.832. The lowest BCUT2D eigenvalue weighted by atomic mass is 10.1. The molecule has 1 nitrogen and oxygen atoms in total.